The van der Waals surface area contributed by atoms with Gasteiger partial charge >= 0.3 is 0 Å². The SMILES string of the molecule is COc1ccc(CCC2(N)CC2)c2c1OCC2. The van der Waals surface area contributed by atoms with Gasteiger partial charge in [-0.2, -0.15) is 0 Å². The van der Waals surface area contributed by atoms with Crippen molar-refractivity contribution < 1.29 is 9.47 Å². The van der Waals surface area contributed by atoms with E-state index in [0.717, 1.165) is 37.4 Å². The van der Waals surface area contributed by atoms with E-state index in [1.54, 1.807) is 7.11 Å². The Morgan fingerprint density at radius 1 is 1.41 bits per heavy atom. The molecule has 1 saturated carbocycles. The average molecular weight is 233 g/mol. The molecule has 3 nitrogen and oxygen atoms in total. The molecule has 1 heterocycles. The first kappa shape index (κ1) is 10.9. The number of rotatable bonds is 4. The molecule has 2 aliphatic rings. The van der Waals surface area contributed by atoms with Gasteiger partial charge in [-0.15, -0.1) is 0 Å². The van der Waals surface area contributed by atoms with E-state index in [1.165, 1.54) is 24.0 Å². The van der Waals surface area contributed by atoms with Gasteiger partial charge in [0, 0.05) is 17.5 Å². The Morgan fingerprint density at radius 2 is 2.24 bits per heavy atom. The third-order valence-corrected chi connectivity index (χ3v) is 3.92. The lowest BCUT2D eigenvalue weighted by atomic mass is 9.97. The summed E-state index contributed by atoms with van der Waals surface area (Å²) in [5.74, 6) is 1.81. The van der Waals surface area contributed by atoms with Crippen molar-refractivity contribution >= 4 is 0 Å². The summed E-state index contributed by atoms with van der Waals surface area (Å²) >= 11 is 0. The molecule has 0 saturated heterocycles. The third kappa shape index (κ3) is 2.00. The molecule has 0 radical (unpaired) electrons. The molecule has 3 rings (SSSR count). The largest absolute Gasteiger partial charge is 0.493 e. The second-order valence-corrected chi connectivity index (χ2v) is 5.20. The zero-order valence-electron chi connectivity index (χ0n) is 10.3. The maximum atomic E-state index is 6.14. The first-order chi connectivity index (χ1) is 8.22. The fourth-order valence-corrected chi connectivity index (χ4v) is 2.52. The van der Waals surface area contributed by atoms with E-state index in [9.17, 15) is 0 Å². The first-order valence-corrected chi connectivity index (χ1v) is 6.32. The molecule has 3 heteroatoms. The molecule has 1 aromatic rings. The highest BCUT2D eigenvalue weighted by Crippen LogP contribution is 2.41. The minimum absolute atomic E-state index is 0.131. The minimum atomic E-state index is 0.131. The van der Waals surface area contributed by atoms with Crippen LogP contribution in [0.2, 0.25) is 0 Å². The Labute approximate surface area is 102 Å². The lowest BCUT2D eigenvalue weighted by Gasteiger charge is -2.13. The highest BCUT2D eigenvalue weighted by Gasteiger charge is 2.37. The van der Waals surface area contributed by atoms with Crippen LogP contribution < -0.4 is 15.2 Å². The third-order valence-electron chi connectivity index (χ3n) is 3.92. The Morgan fingerprint density at radius 3 is 2.94 bits per heavy atom. The van der Waals surface area contributed by atoms with Crippen molar-refractivity contribution in [2.24, 2.45) is 5.73 Å². The lowest BCUT2D eigenvalue weighted by molar-refractivity contribution is 0.326. The van der Waals surface area contributed by atoms with Crippen LogP contribution in [-0.4, -0.2) is 19.3 Å². The van der Waals surface area contributed by atoms with Crippen LogP contribution >= 0.6 is 0 Å². The molecule has 0 unspecified atom stereocenters. The predicted octanol–water partition coefficient (Wildman–Crippen LogP) is 2.05. The van der Waals surface area contributed by atoms with Crippen molar-refractivity contribution in [1.82, 2.24) is 0 Å². The Hall–Kier alpha value is -1.22. The zero-order valence-corrected chi connectivity index (χ0v) is 10.3. The number of hydrogen-bond donors (Lipinski definition) is 1. The highest BCUT2D eigenvalue weighted by molar-refractivity contribution is 5.52. The monoisotopic (exact) mass is 233 g/mol. The number of hydrogen-bond acceptors (Lipinski definition) is 3. The normalized spacial score (nSPS) is 19.6. The highest BCUT2D eigenvalue weighted by atomic mass is 16.5. The molecule has 1 aromatic carbocycles. The van der Waals surface area contributed by atoms with Gasteiger partial charge in [0.15, 0.2) is 11.5 Å². The maximum absolute atomic E-state index is 6.14. The zero-order chi connectivity index (χ0) is 11.9. The molecule has 0 bridgehead atoms. The molecule has 17 heavy (non-hydrogen) atoms. The van der Waals surface area contributed by atoms with Gasteiger partial charge in [-0.05, 0) is 37.3 Å². The van der Waals surface area contributed by atoms with Crippen molar-refractivity contribution in [1.29, 1.82) is 0 Å². The van der Waals surface area contributed by atoms with E-state index in [1.807, 2.05) is 6.07 Å². The van der Waals surface area contributed by atoms with Gasteiger partial charge in [0.2, 0.25) is 0 Å². The molecule has 0 spiro atoms. The summed E-state index contributed by atoms with van der Waals surface area (Å²) < 4.78 is 11.0. The number of ether oxygens (including phenoxy) is 2. The van der Waals surface area contributed by atoms with Gasteiger partial charge in [0.05, 0.1) is 13.7 Å². The molecule has 0 amide bonds. The summed E-state index contributed by atoms with van der Waals surface area (Å²) in [5, 5.41) is 0. The predicted molar refractivity (Wildman–Crippen MR) is 66.7 cm³/mol. The topological polar surface area (TPSA) is 44.5 Å². The van der Waals surface area contributed by atoms with E-state index in [4.69, 9.17) is 15.2 Å². The van der Waals surface area contributed by atoms with Crippen LogP contribution in [0.5, 0.6) is 11.5 Å². The molecule has 1 aliphatic carbocycles. The van der Waals surface area contributed by atoms with Gasteiger partial charge < -0.3 is 15.2 Å². The minimum Gasteiger partial charge on any atom is -0.493 e. The van der Waals surface area contributed by atoms with Crippen LogP contribution in [0.3, 0.4) is 0 Å². The average Bonchev–Trinajstić information content (AvgIpc) is 2.89. The van der Waals surface area contributed by atoms with Crippen LogP contribution in [-0.2, 0) is 12.8 Å². The molecule has 1 fully saturated rings. The van der Waals surface area contributed by atoms with Crippen molar-refractivity contribution in [3.63, 3.8) is 0 Å². The summed E-state index contributed by atoms with van der Waals surface area (Å²) in [6.45, 7) is 0.774. The van der Waals surface area contributed by atoms with Crippen molar-refractivity contribution in [2.45, 2.75) is 37.6 Å². The van der Waals surface area contributed by atoms with E-state index < -0.39 is 0 Å². The quantitative estimate of drug-likeness (QED) is 0.865. The number of aryl methyl sites for hydroxylation is 1. The second kappa shape index (κ2) is 3.91. The molecular formula is C14H19NO2. The summed E-state index contributed by atoms with van der Waals surface area (Å²) in [4.78, 5) is 0. The van der Waals surface area contributed by atoms with Gasteiger partial charge in [-0.3, -0.25) is 0 Å². The van der Waals surface area contributed by atoms with Gasteiger partial charge in [0.25, 0.3) is 0 Å². The first-order valence-electron chi connectivity index (χ1n) is 6.32. The van der Waals surface area contributed by atoms with E-state index in [0.29, 0.717) is 0 Å². The summed E-state index contributed by atoms with van der Waals surface area (Å²) in [7, 11) is 1.69. The maximum Gasteiger partial charge on any atom is 0.164 e. The van der Waals surface area contributed by atoms with Gasteiger partial charge in [-0.25, -0.2) is 0 Å². The van der Waals surface area contributed by atoms with Crippen molar-refractivity contribution in [3.05, 3.63) is 23.3 Å². The Kier molecular flexibility index (Phi) is 2.51. The fourth-order valence-electron chi connectivity index (χ4n) is 2.52. The fraction of sp³-hybridized carbons (Fsp3) is 0.571. The van der Waals surface area contributed by atoms with Crippen LogP contribution in [0.25, 0.3) is 0 Å². The molecule has 2 N–H and O–H groups in total. The smallest absolute Gasteiger partial charge is 0.164 e. The van der Waals surface area contributed by atoms with Crippen LogP contribution in [0.1, 0.15) is 30.4 Å². The standard InChI is InChI=1S/C14H19NO2/c1-16-12-3-2-10(4-6-14(15)7-8-14)11-5-9-17-13(11)12/h2-3H,4-9,15H2,1H3. The van der Waals surface area contributed by atoms with E-state index in [-0.39, 0.29) is 5.54 Å². The molecule has 92 valence electrons. The Bertz CT molecular complexity index is 438. The Balaban J connectivity index is 1.82. The molecule has 0 atom stereocenters. The van der Waals surface area contributed by atoms with Crippen LogP contribution in [0.15, 0.2) is 12.1 Å². The van der Waals surface area contributed by atoms with E-state index >= 15 is 0 Å². The number of methoxy groups -OCH3 is 1. The van der Waals surface area contributed by atoms with Crippen LogP contribution in [0, 0.1) is 0 Å². The number of benzene rings is 1. The van der Waals surface area contributed by atoms with Gasteiger partial charge in [0.1, 0.15) is 0 Å². The molecular weight excluding hydrogens is 214 g/mol. The van der Waals surface area contributed by atoms with Crippen molar-refractivity contribution in [3.8, 4) is 11.5 Å². The van der Waals surface area contributed by atoms with Crippen molar-refractivity contribution in [2.75, 3.05) is 13.7 Å². The van der Waals surface area contributed by atoms with Gasteiger partial charge in [-0.1, -0.05) is 6.07 Å². The summed E-state index contributed by atoms with van der Waals surface area (Å²) in [6.07, 6.45) is 5.51. The number of fused-ring (bicyclic) bond motifs is 1. The summed E-state index contributed by atoms with van der Waals surface area (Å²) in [5.41, 5.74) is 8.98. The second-order valence-electron chi connectivity index (χ2n) is 5.20. The molecule has 0 aromatic heterocycles. The molecule has 1 aliphatic heterocycles. The lowest BCUT2D eigenvalue weighted by Crippen LogP contribution is -2.22. The summed E-state index contributed by atoms with van der Waals surface area (Å²) in [6, 6.07) is 4.17. The number of nitrogens with two attached hydrogens (primary N) is 1. The van der Waals surface area contributed by atoms with E-state index in [2.05, 4.69) is 6.07 Å². The van der Waals surface area contributed by atoms with Crippen LogP contribution in [0.4, 0.5) is 0 Å².